The molecular formula is C14H21N3O5. The predicted molar refractivity (Wildman–Crippen MR) is 76.4 cm³/mol. The number of hydrogen-bond acceptors (Lipinski definition) is 7. The van der Waals surface area contributed by atoms with Gasteiger partial charge in [0.15, 0.2) is 0 Å². The van der Waals surface area contributed by atoms with Gasteiger partial charge in [0.05, 0.1) is 18.6 Å². The van der Waals surface area contributed by atoms with E-state index in [1.165, 1.54) is 18.7 Å². The number of nitro groups is 1. The molecule has 1 heterocycles. The lowest BCUT2D eigenvalue weighted by molar-refractivity contribution is -0.583. The van der Waals surface area contributed by atoms with Crippen molar-refractivity contribution in [1.29, 1.82) is 5.26 Å². The van der Waals surface area contributed by atoms with Gasteiger partial charge in [-0.3, -0.25) is 15.0 Å². The Labute approximate surface area is 129 Å². The van der Waals surface area contributed by atoms with Crippen LogP contribution in [0.15, 0.2) is 0 Å². The lowest BCUT2D eigenvalue weighted by Crippen LogP contribution is -2.69. The van der Waals surface area contributed by atoms with E-state index in [9.17, 15) is 25.0 Å². The first-order valence-corrected chi connectivity index (χ1v) is 7.10. The number of hydrogen-bond donors (Lipinski definition) is 0. The van der Waals surface area contributed by atoms with E-state index in [2.05, 4.69) is 0 Å². The van der Waals surface area contributed by atoms with Crippen molar-refractivity contribution in [3.8, 4) is 6.07 Å². The van der Waals surface area contributed by atoms with Gasteiger partial charge < -0.3 is 9.53 Å². The molecular weight excluding hydrogens is 290 g/mol. The summed E-state index contributed by atoms with van der Waals surface area (Å²) in [5, 5.41) is 21.3. The molecule has 22 heavy (non-hydrogen) atoms. The number of likely N-dealkylation sites (tertiary alicyclic amines) is 1. The van der Waals surface area contributed by atoms with Gasteiger partial charge in [-0.2, -0.15) is 5.26 Å². The van der Waals surface area contributed by atoms with Crippen molar-refractivity contribution in [2.45, 2.75) is 44.7 Å². The number of ether oxygens (including phenoxy) is 1. The van der Waals surface area contributed by atoms with Crippen LogP contribution in [-0.4, -0.2) is 52.9 Å². The van der Waals surface area contributed by atoms with E-state index in [4.69, 9.17) is 4.74 Å². The Bertz CT molecular complexity index is 529. The van der Waals surface area contributed by atoms with Crippen LogP contribution in [0.25, 0.3) is 0 Å². The molecule has 1 saturated heterocycles. The maximum absolute atomic E-state index is 12.4. The molecule has 0 radical (unpaired) electrons. The predicted octanol–water partition coefficient (Wildman–Crippen LogP) is 0.778. The third kappa shape index (κ3) is 2.68. The number of ketones is 1. The fourth-order valence-electron chi connectivity index (χ4n) is 3.08. The highest BCUT2D eigenvalue weighted by Gasteiger charge is 2.66. The van der Waals surface area contributed by atoms with Crippen LogP contribution in [0, 0.1) is 27.4 Å². The minimum Gasteiger partial charge on any atom is -0.464 e. The third-order valence-electron chi connectivity index (χ3n) is 4.48. The van der Waals surface area contributed by atoms with E-state index in [0.29, 0.717) is 0 Å². The maximum Gasteiger partial charge on any atom is 0.342 e. The molecule has 0 aromatic heterocycles. The van der Waals surface area contributed by atoms with Gasteiger partial charge in [0.25, 0.3) is 0 Å². The summed E-state index contributed by atoms with van der Waals surface area (Å²) in [6.45, 7) is 4.52. The minimum absolute atomic E-state index is 0.0536. The molecule has 0 aromatic rings. The molecule has 8 nitrogen and oxygen atoms in total. The van der Waals surface area contributed by atoms with Crippen molar-refractivity contribution < 1.29 is 19.2 Å². The molecule has 0 aliphatic carbocycles. The second-order valence-electron chi connectivity index (χ2n) is 5.84. The molecule has 1 fully saturated rings. The zero-order chi connectivity index (χ0) is 17.1. The molecule has 0 saturated carbocycles. The summed E-state index contributed by atoms with van der Waals surface area (Å²) in [6.07, 6.45) is -0.0779. The molecule has 0 bridgehead atoms. The van der Waals surface area contributed by atoms with Crippen LogP contribution >= 0.6 is 0 Å². The Hall–Kier alpha value is -2.01. The summed E-state index contributed by atoms with van der Waals surface area (Å²) in [7, 11) is 1.55. The van der Waals surface area contributed by atoms with Crippen LogP contribution in [0.2, 0.25) is 0 Å². The molecule has 1 rings (SSSR count). The van der Waals surface area contributed by atoms with Gasteiger partial charge in [-0.25, -0.2) is 4.79 Å². The monoisotopic (exact) mass is 311 g/mol. The quantitative estimate of drug-likeness (QED) is 0.418. The highest BCUT2D eigenvalue weighted by molar-refractivity contribution is 5.87. The average molecular weight is 311 g/mol. The van der Waals surface area contributed by atoms with Crippen molar-refractivity contribution in [2.75, 3.05) is 20.2 Å². The van der Waals surface area contributed by atoms with Gasteiger partial charge in [-0.05, 0) is 20.9 Å². The van der Waals surface area contributed by atoms with Gasteiger partial charge in [-0.1, -0.05) is 0 Å². The molecule has 0 N–H and O–H groups in total. The van der Waals surface area contributed by atoms with Gasteiger partial charge in [0, 0.05) is 31.2 Å². The first-order chi connectivity index (χ1) is 10.2. The van der Waals surface area contributed by atoms with Crippen LogP contribution < -0.4 is 0 Å². The maximum atomic E-state index is 12.4. The van der Waals surface area contributed by atoms with E-state index in [1.54, 1.807) is 14.0 Å². The summed E-state index contributed by atoms with van der Waals surface area (Å²) in [5.41, 5.74) is -3.37. The van der Waals surface area contributed by atoms with Gasteiger partial charge in [-0.15, -0.1) is 0 Å². The van der Waals surface area contributed by atoms with E-state index in [-0.39, 0.29) is 31.8 Å². The van der Waals surface area contributed by atoms with Crippen molar-refractivity contribution >= 4 is 11.8 Å². The molecule has 0 unspecified atom stereocenters. The second kappa shape index (κ2) is 6.40. The van der Waals surface area contributed by atoms with E-state index >= 15 is 0 Å². The molecule has 0 spiro atoms. The average Bonchev–Trinajstić information content (AvgIpc) is 2.43. The Morgan fingerprint density at radius 1 is 1.55 bits per heavy atom. The zero-order valence-electron chi connectivity index (χ0n) is 13.3. The lowest BCUT2D eigenvalue weighted by atomic mass is 9.65. The highest BCUT2D eigenvalue weighted by Crippen LogP contribution is 2.44. The zero-order valence-corrected chi connectivity index (χ0v) is 13.3. The van der Waals surface area contributed by atoms with E-state index < -0.39 is 27.9 Å². The molecule has 3 atom stereocenters. The summed E-state index contributed by atoms with van der Waals surface area (Å²) in [6, 6.07) is 1.91. The number of nitrogens with zero attached hydrogens (tertiary/aromatic N) is 3. The SMILES string of the molecule is CCOC(=O)[C@@]1(C#N)[C@H](CC(C)=O)[C@](C)([N+](=O)[O-])CCN1C. The van der Waals surface area contributed by atoms with Gasteiger partial charge >= 0.3 is 5.97 Å². The Kier molecular flexibility index (Phi) is 5.25. The standard InChI is InChI=1S/C14H21N3O5/c1-5-22-12(19)14(9-15)11(8-10(2)18)13(3,17(20)21)6-7-16(14)4/h11H,5-8H2,1-4H3/t11-,13-,14-/m1/s1. The number of carbonyl (C=O) groups is 2. The second-order valence-corrected chi connectivity index (χ2v) is 5.84. The summed E-state index contributed by atoms with van der Waals surface area (Å²) in [5.74, 6) is -2.22. The van der Waals surface area contributed by atoms with Crippen molar-refractivity contribution in [3.05, 3.63) is 10.1 Å². The first kappa shape index (κ1) is 18.0. The summed E-state index contributed by atoms with van der Waals surface area (Å²) < 4.78 is 4.99. The highest BCUT2D eigenvalue weighted by atomic mass is 16.6. The van der Waals surface area contributed by atoms with E-state index in [0.717, 1.165) is 0 Å². The van der Waals surface area contributed by atoms with Crippen LogP contribution in [0.4, 0.5) is 0 Å². The normalized spacial score (nSPS) is 32.0. The molecule has 0 amide bonds. The smallest absolute Gasteiger partial charge is 0.342 e. The van der Waals surface area contributed by atoms with Crippen LogP contribution in [0.5, 0.6) is 0 Å². The Balaban J connectivity index is 3.51. The number of piperidine rings is 1. The van der Waals surface area contributed by atoms with Gasteiger partial charge in [0.1, 0.15) is 5.78 Å². The van der Waals surface area contributed by atoms with Crippen LogP contribution in [0.3, 0.4) is 0 Å². The molecule has 1 aliphatic heterocycles. The Morgan fingerprint density at radius 3 is 2.55 bits per heavy atom. The number of Topliss-reactive ketones (excluding diaryl/α,β-unsaturated/α-hetero) is 1. The molecule has 1 aliphatic rings. The fraction of sp³-hybridized carbons (Fsp3) is 0.786. The number of esters is 1. The third-order valence-corrected chi connectivity index (χ3v) is 4.48. The Morgan fingerprint density at radius 2 is 2.14 bits per heavy atom. The van der Waals surface area contributed by atoms with Gasteiger partial charge in [0.2, 0.25) is 11.1 Å². The van der Waals surface area contributed by atoms with Crippen LogP contribution in [0.1, 0.15) is 33.6 Å². The summed E-state index contributed by atoms with van der Waals surface area (Å²) in [4.78, 5) is 36.6. The number of carbonyl (C=O) groups excluding carboxylic acids is 2. The number of nitriles is 1. The van der Waals surface area contributed by atoms with Crippen molar-refractivity contribution in [1.82, 2.24) is 4.90 Å². The largest absolute Gasteiger partial charge is 0.464 e. The molecule has 8 heteroatoms. The number of likely N-dealkylation sites (N-methyl/N-ethyl adjacent to an activating group) is 1. The first-order valence-electron chi connectivity index (χ1n) is 7.10. The molecule has 122 valence electrons. The van der Waals surface area contributed by atoms with Crippen LogP contribution in [-0.2, 0) is 14.3 Å². The van der Waals surface area contributed by atoms with E-state index in [1.807, 2.05) is 6.07 Å². The summed E-state index contributed by atoms with van der Waals surface area (Å²) >= 11 is 0. The topological polar surface area (TPSA) is 114 Å². The molecule has 0 aromatic carbocycles. The minimum atomic E-state index is -1.83. The van der Waals surface area contributed by atoms with Crippen molar-refractivity contribution in [3.63, 3.8) is 0 Å². The number of rotatable bonds is 5. The van der Waals surface area contributed by atoms with Crippen molar-refractivity contribution in [2.24, 2.45) is 5.92 Å². The lowest BCUT2D eigenvalue weighted by Gasteiger charge is -2.48. The fourth-order valence-corrected chi connectivity index (χ4v) is 3.08.